The van der Waals surface area contributed by atoms with Crippen molar-refractivity contribution in [3.63, 3.8) is 0 Å². The smallest absolute Gasteiger partial charge is 0.330 e. The van der Waals surface area contributed by atoms with Gasteiger partial charge < -0.3 is 48.5 Å². The van der Waals surface area contributed by atoms with Gasteiger partial charge in [-0.15, -0.1) is 0 Å². The molecule has 14 nitrogen and oxygen atoms in total. The van der Waals surface area contributed by atoms with Crippen LogP contribution in [-0.4, -0.2) is 100 Å². The van der Waals surface area contributed by atoms with Gasteiger partial charge in [-0.25, -0.2) is 9.18 Å². The van der Waals surface area contributed by atoms with Crippen LogP contribution in [0.4, 0.5) is 10.1 Å². The van der Waals surface area contributed by atoms with Gasteiger partial charge in [0.1, 0.15) is 11.6 Å². The summed E-state index contributed by atoms with van der Waals surface area (Å²) in [6.07, 6.45) is 13.4. The average molecular weight is 783 g/mol. The maximum Gasteiger partial charge on any atom is 0.330 e. The Morgan fingerprint density at radius 2 is 1.54 bits per heavy atom. The lowest BCUT2D eigenvalue weighted by Gasteiger charge is -2.40. The van der Waals surface area contributed by atoms with Gasteiger partial charge in [-0.3, -0.25) is 14.8 Å². The number of esters is 1. The van der Waals surface area contributed by atoms with Crippen LogP contribution in [0.1, 0.15) is 89.7 Å². The molecule has 4 aliphatic rings. The second-order valence-corrected chi connectivity index (χ2v) is 15.1. The molecule has 2 aliphatic heterocycles. The summed E-state index contributed by atoms with van der Waals surface area (Å²) in [7, 11) is 1.57. The molecule has 0 amide bonds. The maximum absolute atomic E-state index is 13.7. The van der Waals surface area contributed by atoms with E-state index in [0.29, 0.717) is 127 Å². The predicted molar refractivity (Wildman–Crippen MR) is 205 cm³/mol. The van der Waals surface area contributed by atoms with Gasteiger partial charge in [0.05, 0.1) is 86.2 Å². The molecule has 2 spiro atoms. The van der Waals surface area contributed by atoms with Crippen LogP contribution < -0.4 is 15.6 Å². The minimum atomic E-state index is -0.812. The van der Waals surface area contributed by atoms with Crippen LogP contribution in [-0.2, 0) is 35.0 Å². The van der Waals surface area contributed by atoms with Gasteiger partial charge in [0.15, 0.2) is 11.6 Å². The molecule has 0 atom stereocenters. The molecule has 3 N–H and O–H groups in total. The minimum Gasteiger partial charge on any atom is -0.495 e. The molecule has 5 heterocycles. The highest BCUT2D eigenvalue weighted by Crippen LogP contribution is 2.43. The third-order valence-electron chi connectivity index (χ3n) is 11.3. The molecule has 2 saturated carbocycles. The predicted octanol–water partition coefficient (Wildman–Crippen LogP) is 5.27. The number of nitrogens with zero attached hydrogens (tertiary/aromatic N) is 3. The van der Waals surface area contributed by atoms with Crippen molar-refractivity contribution in [2.45, 2.75) is 113 Å². The first-order valence-corrected chi connectivity index (χ1v) is 19.7. The normalized spacial score (nSPS) is 22.3. The van der Waals surface area contributed by atoms with E-state index in [4.69, 9.17) is 28.4 Å². The van der Waals surface area contributed by atoms with Crippen molar-refractivity contribution in [3.8, 4) is 5.75 Å². The van der Waals surface area contributed by atoms with Gasteiger partial charge in [-0.1, -0.05) is 13.3 Å². The summed E-state index contributed by atoms with van der Waals surface area (Å²) in [6.45, 7) is 5.72. The summed E-state index contributed by atoms with van der Waals surface area (Å²) >= 11 is 0. The van der Waals surface area contributed by atoms with E-state index in [2.05, 4.69) is 15.3 Å². The fraction of sp³-hybridized carbons (Fsp3) is 0.610. The highest BCUT2D eigenvalue weighted by Gasteiger charge is 2.46. The second kappa shape index (κ2) is 18.5. The van der Waals surface area contributed by atoms with Crippen LogP contribution >= 0.6 is 0 Å². The molecular formula is C41H55FN4O10. The van der Waals surface area contributed by atoms with Crippen molar-refractivity contribution in [2.24, 2.45) is 0 Å². The second-order valence-electron chi connectivity index (χ2n) is 15.1. The molecular weight excluding hydrogens is 727 g/mol. The topological polar surface area (TPSA) is 173 Å². The van der Waals surface area contributed by atoms with Crippen molar-refractivity contribution in [1.29, 1.82) is 0 Å². The molecule has 2 saturated heterocycles. The molecule has 56 heavy (non-hydrogen) atoms. The van der Waals surface area contributed by atoms with Gasteiger partial charge in [0.2, 0.25) is 0 Å². The molecule has 3 aromatic rings. The molecule has 2 aliphatic carbocycles. The number of aromatic nitrogens is 3. The van der Waals surface area contributed by atoms with Crippen molar-refractivity contribution in [3.05, 3.63) is 64.6 Å². The first-order chi connectivity index (χ1) is 27.0. The van der Waals surface area contributed by atoms with Gasteiger partial charge >= 0.3 is 5.97 Å². The van der Waals surface area contributed by atoms with Crippen LogP contribution in [0.15, 0.2) is 47.5 Å². The molecule has 15 heteroatoms. The van der Waals surface area contributed by atoms with Crippen molar-refractivity contribution < 1.29 is 47.8 Å². The van der Waals surface area contributed by atoms with E-state index in [-0.39, 0.29) is 5.56 Å². The number of pyridine rings is 3. The highest BCUT2D eigenvalue weighted by molar-refractivity contribution is 5.87. The zero-order valence-corrected chi connectivity index (χ0v) is 32.4. The number of unbranched alkanes of at least 4 members (excludes halogenated alkanes) is 1. The number of hydrogen-bond acceptors (Lipinski definition) is 13. The Balaban J connectivity index is 0.000000191. The third kappa shape index (κ3) is 10.7. The Labute approximate surface area is 326 Å². The number of nitrogens with one attached hydrogen (secondary N) is 1. The average Bonchev–Trinajstić information content (AvgIpc) is 3.87. The van der Waals surface area contributed by atoms with Crippen LogP contribution in [0.5, 0.6) is 5.75 Å². The van der Waals surface area contributed by atoms with E-state index < -0.39 is 34.6 Å². The number of hydrogen-bond donors (Lipinski definition) is 3. The van der Waals surface area contributed by atoms with Crippen molar-refractivity contribution >= 4 is 28.8 Å². The van der Waals surface area contributed by atoms with E-state index in [1.165, 1.54) is 24.3 Å². The zero-order valence-electron chi connectivity index (χ0n) is 32.4. The lowest BCUT2D eigenvalue weighted by atomic mass is 9.79. The monoisotopic (exact) mass is 782 g/mol. The van der Waals surface area contributed by atoms with E-state index >= 15 is 0 Å². The largest absolute Gasteiger partial charge is 0.495 e. The molecule has 306 valence electrons. The Bertz CT molecular complexity index is 1850. The van der Waals surface area contributed by atoms with E-state index in [1.807, 2.05) is 13.0 Å². The number of ether oxygens (including phenoxy) is 6. The van der Waals surface area contributed by atoms with Gasteiger partial charge in [-0.05, 0) is 57.1 Å². The van der Waals surface area contributed by atoms with Crippen LogP contribution in [0, 0.1) is 5.82 Å². The number of aryl methyl sites for hydroxylation is 1. The SMILES string of the molecule is CCCCOC(=O)C=Cc1ncc(F)cc1NCCC1(O)CCC2(CC1)OCCO2.COc1cnc2ccc(=O)n(CCC3(O)CCC4(CC3)OCCO4)c2c1. The number of anilines is 1. The van der Waals surface area contributed by atoms with Gasteiger partial charge in [-0.2, -0.15) is 0 Å². The number of carbonyl (C=O) groups excluding carboxylic acids is 1. The molecule has 7 rings (SSSR count). The van der Waals surface area contributed by atoms with Crippen LogP contribution in [0.2, 0.25) is 0 Å². The Kier molecular flexibility index (Phi) is 13.8. The van der Waals surface area contributed by atoms with Crippen LogP contribution in [0.25, 0.3) is 17.1 Å². The van der Waals surface area contributed by atoms with Crippen LogP contribution in [0.3, 0.4) is 0 Å². The summed E-state index contributed by atoms with van der Waals surface area (Å²) in [5, 5.41) is 25.0. The van der Waals surface area contributed by atoms with E-state index in [0.717, 1.165) is 30.1 Å². The Morgan fingerprint density at radius 1 is 0.911 bits per heavy atom. The number of carbonyl (C=O) groups is 1. The van der Waals surface area contributed by atoms with Gasteiger partial charge in [0, 0.05) is 63.0 Å². The fourth-order valence-corrected chi connectivity index (χ4v) is 7.74. The molecule has 0 radical (unpaired) electrons. The Morgan fingerprint density at radius 3 is 2.14 bits per heavy atom. The maximum atomic E-state index is 13.7. The van der Waals surface area contributed by atoms with Crippen molar-refractivity contribution in [2.75, 3.05) is 52.0 Å². The molecule has 4 fully saturated rings. The summed E-state index contributed by atoms with van der Waals surface area (Å²) in [4.78, 5) is 32.5. The number of aliphatic hydroxyl groups is 2. The lowest BCUT2D eigenvalue weighted by Crippen LogP contribution is -2.44. The minimum absolute atomic E-state index is 0.106. The summed E-state index contributed by atoms with van der Waals surface area (Å²) < 4.78 is 48.5. The molecule has 0 aromatic carbocycles. The Hall–Kier alpha value is -3.99. The number of halogens is 1. The highest BCUT2D eigenvalue weighted by atomic mass is 19.1. The number of methoxy groups -OCH3 is 1. The fourth-order valence-electron chi connectivity index (χ4n) is 7.74. The quantitative estimate of drug-likeness (QED) is 0.116. The summed E-state index contributed by atoms with van der Waals surface area (Å²) in [6, 6.07) is 6.36. The number of fused-ring (bicyclic) bond motifs is 1. The summed E-state index contributed by atoms with van der Waals surface area (Å²) in [5.74, 6) is -1.35. The third-order valence-corrected chi connectivity index (χ3v) is 11.3. The molecule has 0 unspecified atom stereocenters. The summed E-state index contributed by atoms with van der Waals surface area (Å²) in [5.41, 5.74) is 0.618. The van der Waals surface area contributed by atoms with E-state index in [1.54, 1.807) is 23.9 Å². The first kappa shape index (κ1) is 41.6. The standard InChI is InChI=1S/C22H31FN2O5.C19H24N2O5/c1-2-3-12-28-20(26)5-4-18-19(15-17(23)16-25-18)24-11-10-21(27)6-8-22(9-7-21)29-13-14-30-22;1-24-14-12-16-15(20-13-14)2-3-17(22)21(16)9-8-18(23)4-6-19(7-5-18)25-10-11-26-19/h4-5,15-16,24,27H,2-3,6-14H2,1H3;2-3,12-13,23H,4-11H2,1H3. The number of rotatable bonds is 13. The van der Waals surface area contributed by atoms with Crippen molar-refractivity contribution in [1.82, 2.24) is 14.5 Å². The molecule has 0 bridgehead atoms. The first-order valence-electron chi connectivity index (χ1n) is 19.7. The van der Waals surface area contributed by atoms with E-state index in [9.17, 15) is 24.2 Å². The zero-order chi connectivity index (χ0) is 39.7. The molecule has 3 aromatic heterocycles. The van der Waals surface area contributed by atoms with Gasteiger partial charge in [0.25, 0.3) is 5.56 Å². The lowest BCUT2D eigenvalue weighted by molar-refractivity contribution is -0.203.